The predicted octanol–water partition coefficient (Wildman–Crippen LogP) is 2.94. The minimum atomic E-state index is 0.906. The fourth-order valence-electron chi connectivity index (χ4n) is 2.83. The Labute approximate surface area is 99.0 Å². The summed E-state index contributed by atoms with van der Waals surface area (Å²) in [6.07, 6.45) is 7.82. The van der Waals surface area contributed by atoms with E-state index in [0.717, 1.165) is 18.4 Å². The smallest absolute Gasteiger partial charge is 0.0359 e. The van der Waals surface area contributed by atoms with Crippen molar-refractivity contribution in [3.05, 3.63) is 24.0 Å². The summed E-state index contributed by atoms with van der Waals surface area (Å²) in [7, 11) is 2.11. The van der Waals surface area contributed by atoms with Crippen LogP contribution in [0.3, 0.4) is 0 Å². The number of hydrogen-bond acceptors (Lipinski definition) is 1. The molecular formula is C14H24N2. The zero-order valence-corrected chi connectivity index (χ0v) is 10.6. The van der Waals surface area contributed by atoms with Gasteiger partial charge in [0.1, 0.15) is 0 Å². The molecule has 16 heavy (non-hydrogen) atoms. The number of nitrogens with one attached hydrogen (secondary N) is 1. The van der Waals surface area contributed by atoms with Crippen LogP contribution in [0.25, 0.3) is 0 Å². The van der Waals surface area contributed by atoms with Gasteiger partial charge in [0.15, 0.2) is 0 Å². The van der Waals surface area contributed by atoms with Crippen molar-refractivity contribution >= 4 is 0 Å². The molecule has 1 fully saturated rings. The summed E-state index contributed by atoms with van der Waals surface area (Å²) in [5.41, 5.74) is 1.38. The van der Waals surface area contributed by atoms with Crippen LogP contribution in [0.15, 0.2) is 18.3 Å². The molecule has 0 amide bonds. The lowest BCUT2D eigenvalue weighted by Gasteiger charge is -2.26. The molecule has 1 saturated carbocycles. The maximum absolute atomic E-state index is 3.60. The average Bonchev–Trinajstić information content (AvgIpc) is 2.65. The molecule has 2 nitrogen and oxygen atoms in total. The van der Waals surface area contributed by atoms with Crippen LogP contribution in [0.1, 0.15) is 38.3 Å². The summed E-state index contributed by atoms with van der Waals surface area (Å²) < 4.78 is 2.19. The lowest BCUT2D eigenvalue weighted by atomic mass is 9.82. The summed E-state index contributed by atoms with van der Waals surface area (Å²) in [5.74, 6) is 1.85. The summed E-state index contributed by atoms with van der Waals surface area (Å²) in [4.78, 5) is 0. The molecule has 1 heterocycles. The zero-order chi connectivity index (χ0) is 11.4. The second-order valence-corrected chi connectivity index (χ2v) is 5.38. The highest BCUT2D eigenvalue weighted by atomic mass is 15.0. The number of hydrogen-bond donors (Lipinski definition) is 1. The lowest BCUT2D eigenvalue weighted by molar-refractivity contribution is 0.273. The van der Waals surface area contributed by atoms with Crippen LogP contribution >= 0.6 is 0 Å². The van der Waals surface area contributed by atoms with Crippen molar-refractivity contribution in [2.45, 2.75) is 39.2 Å². The van der Waals surface area contributed by atoms with Gasteiger partial charge >= 0.3 is 0 Å². The van der Waals surface area contributed by atoms with E-state index in [1.54, 1.807) is 0 Å². The molecular weight excluding hydrogens is 196 g/mol. The molecule has 2 rings (SSSR count). The highest BCUT2D eigenvalue weighted by Crippen LogP contribution is 2.27. The van der Waals surface area contributed by atoms with E-state index in [-0.39, 0.29) is 0 Å². The van der Waals surface area contributed by atoms with Crippen molar-refractivity contribution in [2.75, 3.05) is 6.54 Å². The second kappa shape index (κ2) is 5.53. The summed E-state index contributed by atoms with van der Waals surface area (Å²) in [6, 6.07) is 4.30. The van der Waals surface area contributed by atoms with Gasteiger partial charge in [-0.25, -0.2) is 0 Å². The van der Waals surface area contributed by atoms with Crippen LogP contribution in [0, 0.1) is 11.8 Å². The first-order valence-electron chi connectivity index (χ1n) is 6.56. The lowest BCUT2D eigenvalue weighted by Crippen LogP contribution is -2.26. The molecule has 2 heteroatoms. The van der Waals surface area contributed by atoms with Crippen molar-refractivity contribution in [3.8, 4) is 0 Å². The van der Waals surface area contributed by atoms with Crippen LogP contribution in [0.5, 0.6) is 0 Å². The van der Waals surface area contributed by atoms with Gasteiger partial charge < -0.3 is 9.88 Å². The van der Waals surface area contributed by atoms with Crippen LogP contribution in [-0.2, 0) is 13.6 Å². The number of aryl methyl sites for hydroxylation is 1. The second-order valence-electron chi connectivity index (χ2n) is 5.38. The Kier molecular flexibility index (Phi) is 4.05. The van der Waals surface area contributed by atoms with E-state index in [1.807, 2.05) is 0 Å². The fraction of sp³-hybridized carbons (Fsp3) is 0.714. The third-order valence-corrected chi connectivity index (χ3v) is 3.84. The van der Waals surface area contributed by atoms with Gasteiger partial charge in [-0.3, -0.25) is 0 Å². The number of aromatic nitrogens is 1. The van der Waals surface area contributed by atoms with Gasteiger partial charge in [0, 0.05) is 25.5 Å². The van der Waals surface area contributed by atoms with Crippen LogP contribution in [0.4, 0.5) is 0 Å². The van der Waals surface area contributed by atoms with Gasteiger partial charge in [-0.05, 0) is 43.4 Å². The predicted molar refractivity (Wildman–Crippen MR) is 68.2 cm³/mol. The van der Waals surface area contributed by atoms with E-state index in [0.29, 0.717) is 0 Å². The molecule has 1 aliphatic carbocycles. The minimum absolute atomic E-state index is 0.906. The Balaban J connectivity index is 1.70. The summed E-state index contributed by atoms with van der Waals surface area (Å²) >= 11 is 0. The minimum Gasteiger partial charge on any atom is -0.353 e. The molecule has 0 aliphatic heterocycles. The Hall–Kier alpha value is -0.760. The molecule has 0 radical (unpaired) electrons. The molecule has 1 aromatic rings. The molecule has 0 spiro atoms. The number of rotatable bonds is 4. The topological polar surface area (TPSA) is 17.0 Å². The Morgan fingerprint density at radius 1 is 1.44 bits per heavy atom. The Bertz CT molecular complexity index is 316. The summed E-state index contributed by atoms with van der Waals surface area (Å²) in [6.45, 7) is 4.59. The Morgan fingerprint density at radius 2 is 2.31 bits per heavy atom. The maximum Gasteiger partial charge on any atom is 0.0359 e. The normalized spacial score (nSPS) is 25.9. The molecule has 90 valence electrons. The van der Waals surface area contributed by atoms with Crippen LogP contribution in [0.2, 0.25) is 0 Å². The molecule has 2 atom stereocenters. The largest absolute Gasteiger partial charge is 0.353 e. The van der Waals surface area contributed by atoms with Crippen molar-refractivity contribution in [1.29, 1.82) is 0 Å². The summed E-state index contributed by atoms with van der Waals surface area (Å²) in [5, 5.41) is 3.60. The van der Waals surface area contributed by atoms with Gasteiger partial charge in [-0.15, -0.1) is 0 Å². The van der Waals surface area contributed by atoms with E-state index in [4.69, 9.17) is 0 Å². The van der Waals surface area contributed by atoms with Gasteiger partial charge in [0.2, 0.25) is 0 Å². The van der Waals surface area contributed by atoms with Crippen molar-refractivity contribution < 1.29 is 0 Å². The SMILES string of the molecule is CC1CCCC(CNCc2cccn2C)C1. The molecule has 0 aromatic carbocycles. The monoisotopic (exact) mass is 220 g/mol. The van der Waals surface area contributed by atoms with Gasteiger partial charge in [-0.1, -0.05) is 19.8 Å². The maximum atomic E-state index is 3.60. The van der Waals surface area contributed by atoms with E-state index in [9.17, 15) is 0 Å². The van der Waals surface area contributed by atoms with Crippen LogP contribution < -0.4 is 5.32 Å². The molecule has 0 bridgehead atoms. The van der Waals surface area contributed by atoms with Crippen molar-refractivity contribution in [3.63, 3.8) is 0 Å². The highest BCUT2D eigenvalue weighted by molar-refractivity contribution is 5.05. The van der Waals surface area contributed by atoms with E-state index < -0.39 is 0 Å². The quantitative estimate of drug-likeness (QED) is 0.825. The number of nitrogens with zero attached hydrogens (tertiary/aromatic N) is 1. The standard InChI is InChI=1S/C14H24N2/c1-12-5-3-6-13(9-12)10-15-11-14-7-4-8-16(14)2/h4,7-8,12-13,15H,3,5-6,9-11H2,1-2H3. The first-order valence-corrected chi connectivity index (χ1v) is 6.56. The molecule has 0 saturated heterocycles. The molecule has 2 unspecified atom stereocenters. The van der Waals surface area contributed by atoms with Crippen molar-refractivity contribution in [1.82, 2.24) is 9.88 Å². The first-order chi connectivity index (χ1) is 7.75. The molecule has 1 aliphatic rings. The highest BCUT2D eigenvalue weighted by Gasteiger charge is 2.18. The van der Waals surface area contributed by atoms with E-state index in [2.05, 4.69) is 42.2 Å². The fourth-order valence-corrected chi connectivity index (χ4v) is 2.83. The zero-order valence-electron chi connectivity index (χ0n) is 10.6. The van der Waals surface area contributed by atoms with Gasteiger partial charge in [0.25, 0.3) is 0 Å². The van der Waals surface area contributed by atoms with Crippen molar-refractivity contribution in [2.24, 2.45) is 18.9 Å². The third kappa shape index (κ3) is 3.11. The van der Waals surface area contributed by atoms with Gasteiger partial charge in [0.05, 0.1) is 0 Å². The third-order valence-electron chi connectivity index (χ3n) is 3.84. The first kappa shape index (κ1) is 11.7. The average molecular weight is 220 g/mol. The molecule has 1 N–H and O–H groups in total. The van der Waals surface area contributed by atoms with Crippen LogP contribution in [-0.4, -0.2) is 11.1 Å². The molecule has 1 aromatic heterocycles. The van der Waals surface area contributed by atoms with E-state index >= 15 is 0 Å². The Morgan fingerprint density at radius 3 is 3.00 bits per heavy atom. The van der Waals surface area contributed by atoms with Gasteiger partial charge in [-0.2, -0.15) is 0 Å². The van der Waals surface area contributed by atoms with E-state index in [1.165, 1.54) is 37.9 Å².